The molecule has 0 unspecified atom stereocenters. The Morgan fingerprint density at radius 3 is 2.24 bits per heavy atom. The third-order valence-electron chi connectivity index (χ3n) is 6.64. The number of piperazine rings is 1. The van der Waals surface area contributed by atoms with E-state index in [1.165, 1.54) is 5.69 Å². The van der Waals surface area contributed by atoms with Crippen molar-refractivity contribution in [2.24, 2.45) is 0 Å². The van der Waals surface area contributed by atoms with Crippen LogP contribution in [-0.2, 0) is 6.54 Å². The first-order valence-electron chi connectivity index (χ1n) is 11.7. The molecule has 0 saturated carbocycles. The summed E-state index contributed by atoms with van der Waals surface area (Å²) in [7, 11) is 3.20. The predicted molar refractivity (Wildman–Crippen MR) is 134 cm³/mol. The largest absolute Gasteiger partial charge is 0.507 e. The van der Waals surface area contributed by atoms with Crippen LogP contribution in [0.4, 0.5) is 5.69 Å². The minimum absolute atomic E-state index is 0.0254. The van der Waals surface area contributed by atoms with E-state index < -0.39 is 6.04 Å². The van der Waals surface area contributed by atoms with Gasteiger partial charge in [-0.3, -0.25) is 9.69 Å². The molecule has 4 rings (SSSR count). The number of aromatic hydroxyl groups is 1. The van der Waals surface area contributed by atoms with Crippen LogP contribution in [0.5, 0.6) is 17.2 Å². The van der Waals surface area contributed by atoms with Gasteiger partial charge < -0.3 is 24.0 Å². The number of para-hydroxylation sites is 1. The van der Waals surface area contributed by atoms with E-state index in [0.717, 1.165) is 37.4 Å². The van der Waals surface area contributed by atoms with Crippen molar-refractivity contribution >= 4 is 5.69 Å². The molecule has 0 aliphatic carbocycles. The second kappa shape index (κ2) is 10.2. The van der Waals surface area contributed by atoms with E-state index in [9.17, 15) is 9.90 Å². The highest BCUT2D eigenvalue weighted by molar-refractivity contribution is 5.49. The zero-order valence-electron chi connectivity index (χ0n) is 20.3. The van der Waals surface area contributed by atoms with E-state index in [0.29, 0.717) is 23.6 Å². The maximum absolute atomic E-state index is 13.6. The highest BCUT2D eigenvalue weighted by atomic mass is 16.5. The van der Waals surface area contributed by atoms with E-state index >= 15 is 0 Å². The quantitative estimate of drug-likeness (QED) is 0.575. The average molecular weight is 464 g/mol. The molecule has 1 aromatic heterocycles. The summed E-state index contributed by atoms with van der Waals surface area (Å²) in [4.78, 5) is 18.2. The van der Waals surface area contributed by atoms with Gasteiger partial charge in [0.05, 0.1) is 25.8 Å². The summed E-state index contributed by atoms with van der Waals surface area (Å²) in [5, 5.41) is 11.0. The van der Waals surface area contributed by atoms with Gasteiger partial charge in [0.1, 0.15) is 5.75 Å². The summed E-state index contributed by atoms with van der Waals surface area (Å²) in [6.45, 7) is 7.46. The first kappa shape index (κ1) is 23.7. The molecule has 1 saturated heterocycles. The summed E-state index contributed by atoms with van der Waals surface area (Å²) in [6, 6.07) is 17.3. The van der Waals surface area contributed by atoms with Crippen molar-refractivity contribution in [3.8, 4) is 17.2 Å². The predicted octanol–water partition coefficient (Wildman–Crippen LogP) is 3.81. The first-order valence-corrected chi connectivity index (χ1v) is 11.7. The first-order chi connectivity index (χ1) is 16.5. The summed E-state index contributed by atoms with van der Waals surface area (Å²) < 4.78 is 12.7. The molecule has 0 radical (unpaired) electrons. The number of rotatable bonds is 7. The second-order valence-electron chi connectivity index (χ2n) is 8.51. The van der Waals surface area contributed by atoms with Gasteiger partial charge in [0.2, 0.25) is 0 Å². The van der Waals surface area contributed by atoms with Crippen LogP contribution in [0.1, 0.15) is 29.8 Å². The van der Waals surface area contributed by atoms with Crippen LogP contribution in [0.15, 0.2) is 59.4 Å². The van der Waals surface area contributed by atoms with Gasteiger partial charge in [-0.2, -0.15) is 0 Å². The fraction of sp³-hybridized carbons (Fsp3) is 0.370. The second-order valence-corrected chi connectivity index (χ2v) is 8.51. The average Bonchev–Trinajstić information content (AvgIpc) is 2.87. The lowest BCUT2D eigenvalue weighted by Crippen LogP contribution is -2.49. The minimum atomic E-state index is -0.413. The van der Waals surface area contributed by atoms with Crippen LogP contribution < -0.4 is 19.9 Å². The molecule has 1 atom stereocenters. The van der Waals surface area contributed by atoms with Gasteiger partial charge in [0.25, 0.3) is 5.56 Å². The number of hydrogen-bond acceptors (Lipinski definition) is 6. The lowest BCUT2D eigenvalue weighted by atomic mass is 9.95. The number of ether oxygens (including phenoxy) is 2. The number of nitrogens with zero attached hydrogens (tertiary/aromatic N) is 3. The maximum atomic E-state index is 13.6. The highest BCUT2D eigenvalue weighted by Gasteiger charge is 2.32. The van der Waals surface area contributed by atoms with Gasteiger partial charge in [-0.25, -0.2) is 0 Å². The fourth-order valence-electron chi connectivity index (χ4n) is 4.88. The Hall–Kier alpha value is -3.45. The Bertz CT molecular complexity index is 1180. The SMILES string of the molecule is CCn1c(C)cc(O)c([C@H](c2ccc(OC)c(OC)c2)N2CCN(c3ccccc3)CC2)c1=O. The van der Waals surface area contributed by atoms with Crippen LogP contribution in [-0.4, -0.2) is 55.0 Å². The van der Waals surface area contributed by atoms with Crippen LogP contribution in [0, 0.1) is 6.92 Å². The van der Waals surface area contributed by atoms with Gasteiger partial charge in [-0.1, -0.05) is 24.3 Å². The van der Waals surface area contributed by atoms with Gasteiger partial charge in [0, 0.05) is 44.1 Å². The van der Waals surface area contributed by atoms with Gasteiger partial charge in [-0.15, -0.1) is 0 Å². The number of aromatic nitrogens is 1. The summed E-state index contributed by atoms with van der Waals surface area (Å²) in [5.41, 5.74) is 3.05. The molecular formula is C27H33N3O4. The summed E-state index contributed by atoms with van der Waals surface area (Å²) in [6.07, 6.45) is 0. The number of methoxy groups -OCH3 is 2. The Morgan fingerprint density at radius 1 is 0.941 bits per heavy atom. The number of anilines is 1. The molecule has 1 aliphatic rings. The summed E-state index contributed by atoms with van der Waals surface area (Å²) in [5.74, 6) is 1.24. The molecule has 34 heavy (non-hydrogen) atoms. The molecule has 1 fully saturated rings. The smallest absolute Gasteiger partial charge is 0.259 e. The van der Waals surface area contributed by atoms with E-state index in [1.807, 2.05) is 50.2 Å². The Labute approximate surface area is 200 Å². The molecule has 0 amide bonds. The lowest BCUT2D eigenvalue weighted by molar-refractivity contribution is 0.207. The zero-order chi connectivity index (χ0) is 24.2. The molecule has 1 aliphatic heterocycles. The van der Waals surface area contributed by atoms with Crippen LogP contribution >= 0.6 is 0 Å². The molecule has 2 aromatic carbocycles. The van der Waals surface area contributed by atoms with E-state index in [-0.39, 0.29) is 11.3 Å². The number of hydrogen-bond donors (Lipinski definition) is 1. The van der Waals surface area contributed by atoms with Gasteiger partial charge in [0.15, 0.2) is 11.5 Å². The Morgan fingerprint density at radius 2 is 1.62 bits per heavy atom. The molecule has 2 heterocycles. The number of benzene rings is 2. The minimum Gasteiger partial charge on any atom is -0.507 e. The van der Waals surface area contributed by atoms with Crippen molar-refractivity contribution < 1.29 is 14.6 Å². The van der Waals surface area contributed by atoms with Crippen molar-refractivity contribution in [1.29, 1.82) is 0 Å². The molecule has 3 aromatic rings. The lowest BCUT2D eigenvalue weighted by Gasteiger charge is -2.40. The molecule has 7 nitrogen and oxygen atoms in total. The third-order valence-corrected chi connectivity index (χ3v) is 6.64. The van der Waals surface area contributed by atoms with Crippen molar-refractivity contribution in [2.75, 3.05) is 45.3 Å². The topological polar surface area (TPSA) is 67.2 Å². The molecule has 0 bridgehead atoms. The molecule has 7 heteroatoms. The maximum Gasteiger partial charge on any atom is 0.259 e. The zero-order valence-corrected chi connectivity index (χ0v) is 20.3. The molecular weight excluding hydrogens is 430 g/mol. The number of aryl methyl sites for hydroxylation is 1. The van der Waals surface area contributed by atoms with Crippen molar-refractivity contribution in [3.63, 3.8) is 0 Å². The molecule has 1 N–H and O–H groups in total. The molecule has 0 spiro atoms. The molecule has 180 valence electrons. The van der Waals surface area contributed by atoms with Crippen LogP contribution in [0.3, 0.4) is 0 Å². The number of pyridine rings is 1. The van der Waals surface area contributed by atoms with E-state index in [4.69, 9.17) is 9.47 Å². The van der Waals surface area contributed by atoms with Crippen LogP contribution in [0.25, 0.3) is 0 Å². The Balaban J connectivity index is 1.77. The normalized spacial score (nSPS) is 15.2. The monoisotopic (exact) mass is 463 g/mol. The summed E-state index contributed by atoms with van der Waals surface area (Å²) >= 11 is 0. The standard InChI is InChI=1S/C27H33N3O4/c1-5-30-19(2)17-22(31)25(27(30)32)26(20-11-12-23(33-3)24(18-20)34-4)29-15-13-28(14-16-29)21-9-7-6-8-10-21/h6-12,17-18,26,31H,5,13-16H2,1-4H3/t26-/m0/s1. The Kier molecular flexibility index (Phi) is 7.12. The van der Waals surface area contributed by atoms with Gasteiger partial charge >= 0.3 is 0 Å². The van der Waals surface area contributed by atoms with E-state index in [1.54, 1.807) is 24.9 Å². The van der Waals surface area contributed by atoms with E-state index in [2.05, 4.69) is 21.9 Å². The fourth-order valence-corrected chi connectivity index (χ4v) is 4.88. The van der Waals surface area contributed by atoms with Crippen molar-refractivity contribution in [1.82, 2.24) is 9.47 Å². The van der Waals surface area contributed by atoms with Gasteiger partial charge in [-0.05, 0) is 49.7 Å². The van der Waals surface area contributed by atoms with Crippen LogP contribution in [0.2, 0.25) is 0 Å². The third kappa shape index (κ3) is 4.48. The van der Waals surface area contributed by atoms with Crippen molar-refractivity contribution in [3.05, 3.63) is 81.8 Å². The highest BCUT2D eigenvalue weighted by Crippen LogP contribution is 2.37. The van der Waals surface area contributed by atoms with Crippen molar-refractivity contribution in [2.45, 2.75) is 26.4 Å².